The van der Waals surface area contributed by atoms with Crippen molar-refractivity contribution >= 4 is 5.97 Å². The van der Waals surface area contributed by atoms with E-state index in [9.17, 15) is 9.90 Å². The molecule has 2 unspecified atom stereocenters. The van der Waals surface area contributed by atoms with Gasteiger partial charge < -0.3 is 15.2 Å². The lowest BCUT2D eigenvalue weighted by Crippen LogP contribution is -2.50. The molecule has 1 saturated carbocycles. The summed E-state index contributed by atoms with van der Waals surface area (Å²) in [6.45, 7) is 6.10. The van der Waals surface area contributed by atoms with Crippen molar-refractivity contribution in [3.8, 4) is 0 Å². The maximum atomic E-state index is 11.2. The van der Waals surface area contributed by atoms with Crippen molar-refractivity contribution in [2.75, 3.05) is 26.8 Å². The van der Waals surface area contributed by atoms with Crippen molar-refractivity contribution in [3.63, 3.8) is 0 Å². The third-order valence-electron chi connectivity index (χ3n) is 3.17. The Morgan fingerprint density at radius 2 is 2.24 bits per heavy atom. The minimum atomic E-state index is -0.764. The van der Waals surface area contributed by atoms with Gasteiger partial charge >= 0.3 is 5.97 Å². The normalized spacial score (nSPS) is 19.3. The molecule has 2 atom stereocenters. The van der Waals surface area contributed by atoms with Crippen LogP contribution in [0, 0.1) is 0 Å². The second-order valence-corrected chi connectivity index (χ2v) is 4.72. The lowest BCUT2D eigenvalue weighted by molar-refractivity contribution is -0.140. The van der Waals surface area contributed by atoms with Crippen molar-refractivity contribution in [1.29, 1.82) is 0 Å². The van der Waals surface area contributed by atoms with E-state index in [1.807, 2.05) is 6.92 Å². The summed E-state index contributed by atoms with van der Waals surface area (Å²) in [7, 11) is 1.67. The average Bonchev–Trinajstić information content (AvgIpc) is 3.07. The van der Waals surface area contributed by atoms with E-state index in [0.29, 0.717) is 19.2 Å². The van der Waals surface area contributed by atoms with Crippen LogP contribution < -0.4 is 5.32 Å². The van der Waals surface area contributed by atoms with Gasteiger partial charge in [0.1, 0.15) is 6.04 Å². The average molecular weight is 244 g/mol. The van der Waals surface area contributed by atoms with Crippen LogP contribution in [0.2, 0.25) is 0 Å². The smallest absolute Gasteiger partial charge is 0.322 e. The zero-order chi connectivity index (χ0) is 12.8. The highest BCUT2D eigenvalue weighted by molar-refractivity contribution is 5.73. The molecule has 1 aliphatic carbocycles. The number of carboxylic acid groups (broad SMARTS) is 1. The summed E-state index contributed by atoms with van der Waals surface area (Å²) in [5.74, 6) is -0.764. The minimum Gasteiger partial charge on any atom is -0.480 e. The number of nitrogens with one attached hydrogen (secondary N) is 1. The van der Waals surface area contributed by atoms with Crippen LogP contribution in [0.25, 0.3) is 0 Å². The van der Waals surface area contributed by atoms with Crippen LogP contribution in [0.1, 0.15) is 26.7 Å². The Kier molecular flexibility index (Phi) is 5.88. The maximum absolute atomic E-state index is 11.2. The van der Waals surface area contributed by atoms with E-state index in [1.54, 1.807) is 7.11 Å². The van der Waals surface area contributed by atoms with E-state index >= 15 is 0 Å². The number of likely N-dealkylation sites (N-methyl/N-ethyl adjacent to an activating group) is 1. The third kappa shape index (κ3) is 5.02. The van der Waals surface area contributed by atoms with Crippen molar-refractivity contribution in [1.82, 2.24) is 10.2 Å². The van der Waals surface area contributed by atoms with Gasteiger partial charge in [0.25, 0.3) is 0 Å². The van der Waals surface area contributed by atoms with Crippen LogP contribution in [-0.4, -0.2) is 60.9 Å². The SMILES string of the molecule is CCN(CC(NC1CC1)C(=O)O)C(C)COC. The van der Waals surface area contributed by atoms with Crippen LogP contribution >= 0.6 is 0 Å². The molecule has 1 fully saturated rings. The molecule has 0 heterocycles. The Balaban J connectivity index is 2.46. The van der Waals surface area contributed by atoms with E-state index in [1.165, 1.54) is 0 Å². The van der Waals surface area contributed by atoms with Gasteiger partial charge in [-0.15, -0.1) is 0 Å². The number of methoxy groups -OCH3 is 1. The molecule has 0 amide bonds. The molecule has 1 rings (SSSR count). The molecule has 17 heavy (non-hydrogen) atoms. The van der Waals surface area contributed by atoms with Gasteiger partial charge in [0, 0.05) is 25.7 Å². The Bertz CT molecular complexity index is 244. The summed E-state index contributed by atoms with van der Waals surface area (Å²) in [5.41, 5.74) is 0. The van der Waals surface area contributed by atoms with Gasteiger partial charge in [-0.05, 0) is 26.3 Å². The molecule has 0 aromatic heterocycles. The fraction of sp³-hybridized carbons (Fsp3) is 0.917. The number of hydrogen-bond acceptors (Lipinski definition) is 4. The number of rotatable bonds is 9. The Labute approximate surface area is 103 Å². The predicted molar refractivity (Wildman–Crippen MR) is 66.2 cm³/mol. The molecule has 5 heteroatoms. The van der Waals surface area contributed by atoms with Gasteiger partial charge in [0.2, 0.25) is 0 Å². The zero-order valence-corrected chi connectivity index (χ0v) is 11.0. The summed E-state index contributed by atoms with van der Waals surface area (Å²) in [6, 6.07) is 0.183. The van der Waals surface area contributed by atoms with Gasteiger partial charge in [-0.1, -0.05) is 6.92 Å². The van der Waals surface area contributed by atoms with Crippen LogP contribution in [-0.2, 0) is 9.53 Å². The van der Waals surface area contributed by atoms with Crippen molar-refractivity contribution in [3.05, 3.63) is 0 Å². The van der Waals surface area contributed by atoms with Gasteiger partial charge in [-0.25, -0.2) is 0 Å². The van der Waals surface area contributed by atoms with Crippen molar-refractivity contribution < 1.29 is 14.6 Å². The first-order valence-corrected chi connectivity index (χ1v) is 6.30. The van der Waals surface area contributed by atoms with Crippen LogP contribution in [0.15, 0.2) is 0 Å². The monoisotopic (exact) mass is 244 g/mol. The van der Waals surface area contributed by atoms with Gasteiger partial charge in [0.05, 0.1) is 6.61 Å². The predicted octanol–water partition coefficient (Wildman–Crippen LogP) is 0.548. The first kappa shape index (κ1) is 14.4. The lowest BCUT2D eigenvalue weighted by atomic mass is 10.2. The van der Waals surface area contributed by atoms with E-state index < -0.39 is 12.0 Å². The number of carbonyl (C=O) groups is 1. The maximum Gasteiger partial charge on any atom is 0.322 e. The fourth-order valence-electron chi connectivity index (χ4n) is 1.94. The summed E-state index contributed by atoms with van der Waals surface area (Å²) >= 11 is 0. The topological polar surface area (TPSA) is 61.8 Å². The van der Waals surface area contributed by atoms with Crippen LogP contribution in [0.3, 0.4) is 0 Å². The zero-order valence-electron chi connectivity index (χ0n) is 11.0. The largest absolute Gasteiger partial charge is 0.480 e. The fourth-order valence-corrected chi connectivity index (χ4v) is 1.94. The quantitative estimate of drug-likeness (QED) is 0.620. The molecule has 1 aliphatic rings. The highest BCUT2D eigenvalue weighted by Gasteiger charge is 2.30. The number of aliphatic carboxylic acids is 1. The molecule has 0 aromatic rings. The van der Waals surface area contributed by atoms with Crippen LogP contribution in [0.5, 0.6) is 0 Å². The summed E-state index contributed by atoms with van der Waals surface area (Å²) in [5, 5.41) is 12.4. The Hall–Kier alpha value is -0.650. The van der Waals surface area contributed by atoms with E-state index in [-0.39, 0.29) is 6.04 Å². The number of ether oxygens (including phenoxy) is 1. The molecule has 0 saturated heterocycles. The summed E-state index contributed by atoms with van der Waals surface area (Å²) in [4.78, 5) is 13.3. The number of hydrogen-bond donors (Lipinski definition) is 2. The van der Waals surface area contributed by atoms with Gasteiger partial charge in [-0.2, -0.15) is 0 Å². The van der Waals surface area contributed by atoms with Gasteiger partial charge in [-0.3, -0.25) is 9.69 Å². The first-order valence-electron chi connectivity index (χ1n) is 6.30. The highest BCUT2D eigenvalue weighted by Crippen LogP contribution is 2.19. The molecule has 2 N–H and O–H groups in total. The number of carboxylic acids is 1. The molecule has 100 valence electrons. The standard InChI is InChI=1S/C12H24N2O3/c1-4-14(9(2)8-17-3)7-11(12(15)16)13-10-5-6-10/h9-11,13H,4-8H2,1-3H3,(H,15,16). The molecular formula is C12H24N2O3. The third-order valence-corrected chi connectivity index (χ3v) is 3.17. The first-order chi connectivity index (χ1) is 8.08. The van der Waals surface area contributed by atoms with E-state index in [0.717, 1.165) is 19.4 Å². The molecule has 0 aliphatic heterocycles. The molecule has 0 radical (unpaired) electrons. The van der Waals surface area contributed by atoms with E-state index in [4.69, 9.17) is 4.74 Å². The Morgan fingerprint density at radius 3 is 2.65 bits per heavy atom. The second-order valence-electron chi connectivity index (χ2n) is 4.72. The van der Waals surface area contributed by atoms with Crippen molar-refractivity contribution in [2.24, 2.45) is 0 Å². The molecule has 0 aromatic carbocycles. The Morgan fingerprint density at radius 1 is 1.59 bits per heavy atom. The van der Waals surface area contributed by atoms with E-state index in [2.05, 4.69) is 17.1 Å². The number of nitrogens with zero attached hydrogens (tertiary/aromatic N) is 1. The minimum absolute atomic E-state index is 0.243. The second kappa shape index (κ2) is 6.93. The highest BCUT2D eigenvalue weighted by atomic mass is 16.5. The summed E-state index contributed by atoms with van der Waals surface area (Å²) < 4.78 is 5.11. The molecule has 0 bridgehead atoms. The van der Waals surface area contributed by atoms with Crippen LogP contribution in [0.4, 0.5) is 0 Å². The molecule has 0 spiro atoms. The molecule has 5 nitrogen and oxygen atoms in total. The molecular weight excluding hydrogens is 220 g/mol. The van der Waals surface area contributed by atoms with Gasteiger partial charge in [0.15, 0.2) is 0 Å². The summed E-state index contributed by atoms with van der Waals surface area (Å²) in [6.07, 6.45) is 2.20. The van der Waals surface area contributed by atoms with Crippen molar-refractivity contribution in [2.45, 2.75) is 44.8 Å². The lowest BCUT2D eigenvalue weighted by Gasteiger charge is -2.30.